The van der Waals surface area contributed by atoms with Crippen LogP contribution in [0, 0.1) is 13.8 Å². The minimum absolute atomic E-state index is 0.0846. The van der Waals surface area contributed by atoms with Crippen molar-refractivity contribution in [2.24, 2.45) is 10.3 Å². The number of aromatic nitrogens is 2. The second kappa shape index (κ2) is 12.2. The molecule has 1 aromatic heterocycles. The highest BCUT2D eigenvalue weighted by molar-refractivity contribution is 6.45. The predicted molar refractivity (Wildman–Crippen MR) is 116 cm³/mol. The lowest BCUT2D eigenvalue weighted by molar-refractivity contribution is -0.114. The molecular formula is C21H29N5O4. The van der Waals surface area contributed by atoms with Gasteiger partial charge in [0.2, 0.25) is 5.88 Å². The number of aryl methyl sites for hydroxylation is 1. The maximum Gasteiger partial charge on any atom is 0.273 e. The minimum atomic E-state index is -0.405. The smallest absolute Gasteiger partial charge is 0.273 e. The topological polar surface area (TPSA) is 107 Å². The molecule has 0 aliphatic rings. The number of carbonyl (C=O) groups excluding carboxylic acids is 1. The number of likely N-dealkylation sites (N-methyl/N-ethyl adjacent to an activating group) is 1. The van der Waals surface area contributed by atoms with Gasteiger partial charge in [0, 0.05) is 12.6 Å². The van der Waals surface area contributed by atoms with Crippen molar-refractivity contribution in [2.45, 2.75) is 34.6 Å². The van der Waals surface area contributed by atoms with Crippen LogP contribution in [0.3, 0.4) is 0 Å². The number of ether oxygens (including phenoxy) is 1. The molecule has 0 saturated carbocycles. The fourth-order valence-electron chi connectivity index (χ4n) is 2.51. The third-order valence-electron chi connectivity index (χ3n) is 3.76. The summed E-state index contributed by atoms with van der Waals surface area (Å²) in [4.78, 5) is 30.7. The summed E-state index contributed by atoms with van der Waals surface area (Å²) in [6.07, 6.45) is 0. The zero-order valence-corrected chi connectivity index (χ0v) is 18.7. The molecule has 2 aromatic rings. The van der Waals surface area contributed by atoms with Crippen LogP contribution in [0.25, 0.3) is 0 Å². The molecule has 0 unspecified atom stereocenters. The van der Waals surface area contributed by atoms with Crippen LogP contribution in [-0.4, -0.2) is 48.6 Å². The van der Waals surface area contributed by atoms with Crippen LogP contribution in [0.2, 0.25) is 0 Å². The largest absolute Gasteiger partial charge is 0.438 e. The van der Waals surface area contributed by atoms with Crippen molar-refractivity contribution in [3.05, 3.63) is 46.9 Å². The number of hydrogen-bond donors (Lipinski definition) is 1. The highest BCUT2D eigenvalue weighted by atomic mass is 16.6. The fraction of sp³-hybridized carbons (Fsp3) is 0.381. The van der Waals surface area contributed by atoms with E-state index < -0.39 is 5.91 Å². The summed E-state index contributed by atoms with van der Waals surface area (Å²) in [6, 6.07) is 6.99. The quantitative estimate of drug-likeness (QED) is 0.549. The minimum Gasteiger partial charge on any atom is -0.438 e. The van der Waals surface area contributed by atoms with E-state index in [1.807, 2.05) is 20.8 Å². The summed E-state index contributed by atoms with van der Waals surface area (Å²) in [7, 11) is 4.35. The van der Waals surface area contributed by atoms with Crippen LogP contribution < -0.4 is 10.1 Å². The molecular weight excluding hydrogens is 386 g/mol. The Bertz CT molecular complexity index is 926. The number of oxime groups is 2. The Hall–Kier alpha value is -3.49. The van der Waals surface area contributed by atoms with Gasteiger partial charge >= 0.3 is 0 Å². The van der Waals surface area contributed by atoms with E-state index in [0.717, 1.165) is 0 Å². The van der Waals surface area contributed by atoms with E-state index in [4.69, 9.17) is 14.4 Å². The number of carbonyl (C=O) groups is 1. The summed E-state index contributed by atoms with van der Waals surface area (Å²) in [5.74, 6) is 0.845. The van der Waals surface area contributed by atoms with Crippen molar-refractivity contribution in [1.29, 1.82) is 0 Å². The number of amides is 1. The molecule has 0 aliphatic carbocycles. The maximum atomic E-state index is 12.2. The van der Waals surface area contributed by atoms with Gasteiger partial charge in [-0.25, -0.2) is 4.98 Å². The first kappa shape index (κ1) is 24.5. The summed E-state index contributed by atoms with van der Waals surface area (Å²) >= 11 is 0. The van der Waals surface area contributed by atoms with Gasteiger partial charge in [-0.2, -0.15) is 4.98 Å². The third-order valence-corrected chi connectivity index (χ3v) is 3.76. The van der Waals surface area contributed by atoms with Crippen LogP contribution in [0.15, 0.2) is 34.6 Å². The number of nitrogens with zero attached hydrogens (tertiary/aromatic N) is 4. The SMILES string of the molecule is CC.CNC(=O)/C(=N/OC)c1ccccc1Oc1nc(C)nc(/C(C)=N\OC)c1C. The Kier molecular flexibility index (Phi) is 9.94. The van der Waals surface area contributed by atoms with E-state index in [1.165, 1.54) is 21.3 Å². The van der Waals surface area contributed by atoms with Crippen molar-refractivity contribution < 1.29 is 19.2 Å². The van der Waals surface area contributed by atoms with Gasteiger partial charge in [0.05, 0.1) is 11.3 Å². The molecule has 2 rings (SSSR count). The highest BCUT2D eigenvalue weighted by Crippen LogP contribution is 2.28. The Morgan fingerprint density at radius 1 is 1.03 bits per heavy atom. The molecule has 1 aromatic carbocycles. The van der Waals surface area contributed by atoms with Crippen molar-refractivity contribution in [3.8, 4) is 11.6 Å². The first-order valence-electron chi connectivity index (χ1n) is 9.46. The molecule has 0 aliphatic heterocycles. The zero-order valence-electron chi connectivity index (χ0n) is 18.7. The summed E-state index contributed by atoms with van der Waals surface area (Å²) in [6.45, 7) is 9.36. The molecule has 30 heavy (non-hydrogen) atoms. The average Bonchev–Trinajstić information content (AvgIpc) is 2.76. The second-order valence-corrected chi connectivity index (χ2v) is 5.71. The second-order valence-electron chi connectivity index (χ2n) is 5.71. The first-order chi connectivity index (χ1) is 14.4. The summed E-state index contributed by atoms with van der Waals surface area (Å²) in [5.41, 5.74) is 2.43. The molecule has 0 bridgehead atoms. The van der Waals surface area contributed by atoms with Gasteiger partial charge in [0.25, 0.3) is 5.91 Å². The van der Waals surface area contributed by atoms with Gasteiger partial charge in [-0.1, -0.05) is 36.3 Å². The van der Waals surface area contributed by atoms with E-state index in [9.17, 15) is 4.79 Å². The van der Waals surface area contributed by atoms with Gasteiger partial charge < -0.3 is 19.7 Å². The lowest BCUT2D eigenvalue weighted by Crippen LogP contribution is -2.28. The molecule has 0 spiro atoms. The van der Waals surface area contributed by atoms with Crippen molar-refractivity contribution in [3.63, 3.8) is 0 Å². The number of hydrogen-bond acceptors (Lipinski definition) is 8. The zero-order chi connectivity index (χ0) is 22.7. The van der Waals surface area contributed by atoms with Crippen LogP contribution in [-0.2, 0) is 14.5 Å². The Balaban J connectivity index is 0.00000218. The molecule has 9 nitrogen and oxygen atoms in total. The lowest BCUT2D eigenvalue weighted by Gasteiger charge is -2.14. The molecule has 1 heterocycles. The predicted octanol–water partition coefficient (Wildman–Crippen LogP) is 3.38. The normalized spacial score (nSPS) is 11.2. The standard InChI is InChI=1S/C19H23N5O4.C2H6/c1-11-16(12(2)23-26-5)21-13(3)22-19(11)28-15-10-8-7-9-14(15)17(24-27-6)18(25)20-4;1-2/h7-10H,1-6H3,(H,20,25);1-2H3/b23-12-,24-17+;. The van der Waals surface area contributed by atoms with Crippen LogP contribution in [0.1, 0.15) is 43.4 Å². The number of para-hydroxylation sites is 1. The monoisotopic (exact) mass is 415 g/mol. The highest BCUT2D eigenvalue weighted by Gasteiger charge is 2.20. The Morgan fingerprint density at radius 2 is 1.67 bits per heavy atom. The maximum absolute atomic E-state index is 12.2. The van der Waals surface area contributed by atoms with Crippen LogP contribution in [0.4, 0.5) is 0 Å². The molecule has 0 radical (unpaired) electrons. The average molecular weight is 415 g/mol. The molecule has 0 atom stereocenters. The molecule has 162 valence electrons. The molecule has 1 N–H and O–H groups in total. The third kappa shape index (κ3) is 6.00. The summed E-state index contributed by atoms with van der Waals surface area (Å²) in [5, 5.41) is 10.3. The molecule has 9 heteroatoms. The van der Waals surface area contributed by atoms with Crippen molar-refractivity contribution in [2.75, 3.05) is 21.3 Å². The van der Waals surface area contributed by atoms with E-state index in [0.29, 0.717) is 40.0 Å². The van der Waals surface area contributed by atoms with Crippen molar-refractivity contribution in [1.82, 2.24) is 15.3 Å². The van der Waals surface area contributed by atoms with E-state index in [2.05, 4.69) is 25.6 Å². The summed E-state index contributed by atoms with van der Waals surface area (Å²) < 4.78 is 6.05. The van der Waals surface area contributed by atoms with Gasteiger partial charge in [0.15, 0.2) is 5.71 Å². The molecule has 0 saturated heterocycles. The van der Waals surface area contributed by atoms with E-state index in [-0.39, 0.29) is 5.71 Å². The molecule has 1 amide bonds. The van der Waals surface area contributed by atoms with Crippen LogP contribution >= 0.6 is 0 Å². The number of rotatable bonds is 7. The lowest BCUT2D eigenvalue weighted by atomic mass is 10.1. The molecule has 0 fully saturated rings. The van der Waals surface area contributed by atoms with Crippen LogP contribution in [0.5, 0.6) is 11.6 Å². The van der Waals surface area contributed by atoms with Gasteiger partial charge in [-0.3, -0.25) is 4.79 Å². The van der Waals surface area contributed by atoms with Gasteiger partial charge in [0.1, 0.15) is 31.5 Å². The van der Waals surface area contributed by atoms with Crippen molar-refractivity contribution >= 4 is 17.3 Å². The fourth-order valence-corrected chi connectivity index (χ4v) is 2.51. The number of nitrogens with one attached hydrogen (secondary N) is 1. The Morgan fingerprint density at radius 3 is 2.27 bits per heavy atom. The van der Waals surface area contributed by atoms with Gasteiger partial charge in [-0.05, 0) is 32.9 Å². The van der Waals surface area contributed by atoms with E-state index >= 15 is 0 Å². The number of benzene rings is 1. The van der Waals surface area contributed by atoms with E-state index in [1.54, 1.807) is 38.1 Å². The Labute approximate surface area is 177 Å². The van der Waals surface area contributed by atoms with Gasteiger partial charge in [-0.15, -0.1) is 0 Å². The first-order valence-corrected chi connectivity index (χ1v) is 9.46.